The molecule has 1 heterocycles. The summed E-state index contributed by atoms with van der Waals surface area (Å²) in [5.74, 6) is -0.118. The fourth-order valence-corrected chi connectivity index (χ4v) is 5.55. The van der Waals surface area contributed by atoms with Crippen LogP contribution in [-0.4, -0.2) is 39.9 Å². The van der Waals surface area contributed by atoms with Gasteiger partial charge in [-0.25, -0.2) is 8.42 Å². The Morgan fingerprint density at radius 2 is 1.81 bits per heavy atom. The van der Waals surface area contributed by atoms with Gasteiger partial charge in [-0.3, -0.25) is 9.59 Å². The van der Waals surface area contributed by atoms with Crippen LogP contribution in [0.25, 0.3) is 0 Å². The quantitative estimate of drug-likeness (QED) is 0.486. The topological polar surface area (TPSA) is 105 Å². The van der Waals surface area contributed by atoms with Crippen LogP contribution in [0.15, 0.2) is 71.6 Å². The van der Waals surface area contributed by atoms with Crippen LogP contribution < -0.4 is 19.7 Å². The lowest BCUT2D eigenvalue weighted by atomic mass is 10.1. The normalized spacial score (nSPS) is 13.7. The first kappa shape index (κ1) is 25.4. The second-order valence-electron chi connectivity index (χ2n) is 8.77. The van der Waals surface area contributed by atoms with E-state index in [0.717, 1.165) is 16.7 Å². The average Bonchev–Trinajstić information content (AvgIpc) is 3.28. The molecule has 4 rings (SSSR count). The summed E-state index contributed by atoms with van der Waals surface area (Å²) in [5, 5.41) is 2.82. The third-order valence-corrected chi connectivity index (χ3v) is 7.62. The largest absolute Gasteiger partial charge is 0.495 e. The van der Waals surface area contributed by atoms with Crippen LogP contribution in [0.3, 0.4) is 0 Å². The maximum Gasteiger partial charge on any atom is 0.243 e. The molecule has 0 fully saturated rings. The molecule has 1 aliphatic rings. The van der Waals surface area contributed by atoms with E-state index in [-0.39, 0.29) is 17.2 Å². The van der Waals surface area contributed by atoms with E-state index in [2.05, 4.69) is 10.0 Å². The van der Waals surface area contributed by atoms with E-state index in [1.54, 1.807) is 29.2 Å². The third-order valence-electron chi connectivity index (χ3n) is 6.15. The number of nitrogens with zero attached hydrogens (tertiary/aromatic N) is 1. The first-order valence-corrected chi connectivity index (χ1v) is 13.1. The van der Waals surface area contributed by atoms with Gasteiger partial charge >= 0.3 is 0 Å². The summed E-state index contributed by atoms with van der Waals surface area (Å²) in [6, 6.07) is 18.2. The van der Waals surface area contributed by atoms with E-state index in [1.807, 2.05) is 43.3 Å². The number of ether oxygens (including phenoxy) is 1. The minimum Gasteiger partial charge on any atom is -0.495 e. The molecule has 0 spiro atoms. The molecular formula is C27H29N3O5S. The van der Waals surface area contributed by atoms with Crippen molar-refractivity contribution in [3.8, 4) is 5.75 Å². The number of hydrogen-bond donors (Lipinski definition) is 2. The van der Waals surface area contributed by atoms with Gasteiger partial charge in [0.1, 0.15) is 11.8 Å². The van der Waals surface area contributed by atoms with Crippen molar-refractivity contribution in [3.63, 3.8) is 0 Å². The van der Waals surface area contributed by atoms with Crippen LogP contribution in [0.1, 0.15) is 23.6 Å². The lowest BCUT2D eigenvalue weighted by Crippen LogP contribution is -2.45. The number of nitrogens with one attached hydrogen (secondary N) is 2. The van der Waals surface area contributed by atoms with E-state index >= 15 is 0 Å². The van der Waals surface area contributed by atoms with Crippen LogP contribution in [-0.2, 0) is 32.5 Å². The first-order valence-electron chi connectivity index (χ1n) is 11.6. The summed E-state index contributed by atoms with van der Waals surface area (Å²) in [4.78, 5) is 26.9. The number of amides is 2. The SMILES string of the molecule is COc1ccc(C)cc1NC(=O)[C@@H](Cc1ccccc1)NS(=O)(=O)c1ccc2c(c1)CCN2C(C)=O. The van der Waals surface area contributed by atoms with Gasteiger partial charge in [-0.2, -0.15) is 4.72 Å². The first-order chi connectivity index (χ1) is 17.2. The van der Waals surface area contributed by atoms with Gasteiger partial charge in [-0.15, -0.1) is 0 Å². The molecular weight excluding hydrogens is 478 g/mol. The molecule has 36 heavy (non-hydrogen) atoms. The third kappa shape index (κ3) is 5.58. The zero-order chi connectivity index (χ0) is 25.9. The number of fused-ring (bicyclic) bond motifs is 1. The number of hydrogen-bond acceptors (Lipinski definition) is 5. The Bertz CT molecular complexity index is 1390. The maximum atomic E-state index is 13.4. The molecule has 3 aromatic carbocycles. The molecule has 2 amide bonds. The molecule has 9 heteroatoms. The second-order valence-corrected chi connectivity index (χ2v) is 10.5. The van der Waals surface area contributed by atoms with Crippen LogP contribution in [0.2, 0.25) is 0 Å². The predicted molar refractivity (Wildman–Crippen MR) is 139 cm³/mol. The van der Waals surface area contributed by atoms with Crippen LogP contribution in [0, 0.1) is 6.92 Å². The van der Waals surface area contributed by atoms with Gasteiger partial charge in [0.25, 0.3) is 0 Å². The Balaban J connectivity index is 1.62. The molecule has 0 unspecified atom stereocenters. The molecule has 0 radical (unpaired) electrons. The minimum absolute atomic E-state index is 0.0469. The van der Waals surface area contributed by atoms with Crippen molar-refractivity contribution in [2.75, 3.05) is 23.9 Å². The number of sulfonamides is 1. The Labute approximate surface area is 211 Å². The molecule has 0 aliphatic carbocycles. The number of anilines is 2. The summed E-state index contributed by atoms with van der Waals surface area (Å²) in [6.45, 7) is 3.89. The van der Waals surface area contributed by atoms with E-state index in [1.165, 1.54) is 20.1 Å². The molecule has 3 aromatic rings. The van der Waals surface area contributed by atoms with Crippen molar-refractivity contribution < 1.29 is 22.7 Å². The number of carbonyl (C=O) groups excluding carboxylic acids is 2. The highest BCUT2D eigenvalue weighted by Gasteiger charge is 2.29. The standard InChI is InChI=1S/C27H29N3O5S/c1-18-9-12-26(35-3)23(15-18)28-27(32)24(16-20-7-5-4-6-8-20)29-36(33,34)22-10-11-25-21(17-22)13-14-30(25)19(2)31/h4-12,15,17,24,29H,13-14,16H2,1-3H3,(H,28,32)/t24-/m1/s1. The zero-order valence-electron chi connectivity index (χ0n) is 20.4. The Kier molecular flexibility index (Phi) is 7.42. The number of aryl methyl sites for hydroxylation is 1. The Morgan fingerprint density at radius 3 is 2.50 bits per heavy atom. The number of carbonyl (C=O) groups is 2. The van der Waals surface area contributed by atoms with Crippen molar-refractivity contribution in [1.29, 1.82) is 0 Å². The molecule has 1 aliphatic heterocycles. The zero-order valence-corrected chi connectivity index (χ0v) is 21.3. The summed E-state index contributed by atoms with van der Waals surface area (Å²) in [6.07, 6.45) is 0.725. The summed E-state index contributed by atoms with van der Waals surface area (Å²) < 4.78 is 34.7. The number of methoxy groups -OCH3 is 1. The van der Waals surface area contributed by atoms with Crippen molar-refractivity contribution in [2.24, 2.45) is 0 Å². The molecule has 0 saturated heterocycles. The average molecular weight is 508 g/mol. The minimum atomic E-state index is -4.05. The highest BCUT2D eigenvalue weighted by atomic mass is 32.2. The highest BCUT2D eigenvalue weighted by Crippen LogP contribution is 2.30. The second kappa shape index (κ2) is 10.5. The van der Waals surface area contributed by atoms with Gasteiger partial charge < -0.3 is 15.0 Å². The van der Waals surface area contributed by atoms with Gasteiger partial charge in [0.05, 0.1) is 17.7 Å². The fraction of sp³-hybridized carbons (Fsp3) is 0.259. The molecule has 1 atom stereocenters. The van der Waals surface area contributed by atoms with E-state index in [0.29, 0.717) is 30.1 Å². The monoisotopic (exact) mass is 507 g/mol. The molecule has 188 valence electrons. The summed E-state index contributed by atoms with van der Waals surface area (Å²) in [5.41, 5.74) is 3.68. The fourth-order valence-electron chi connectivity index (χ4n) is 4.30. The van der Waals surface area contributed by atoms with E-state index in [4.69, 9.17) is 4.74 Å². The van der Waals surface area contributed by atoms with Gasteiger partial charge in [0, 0.05) is 19.2 Å². The summed E-state index contributed by atoms with van der Waals surface area (Å²) >= 11 is 0. The smallest absolute Gasteiger partial charge is 0.243 e. The van der Waals surface area contributed by atoms with Crippen LogP contribution >= 0.6 is 0 Å². The van der Waals surface area contributed by atoms with Crippen molar-refractivity contribution in [1.82, 2.24) is 4.72 Å². The lowest BCUT2D eigenvalue weighted by Gasteiger charge is -2.20. The van der Waals surface area contributed by atoms with E-state index in [9.17, 15) is 18.0 Å². The highest BCUT2D eigenvalue weighted by molar-refractivity contribution is 7.89. The maximum absolute atomic E-state index is 13.4. The van der Waals surface area contributed by atoms with Gasteiger partial charge in [-0.05, 0) is 66.8 Å². The molecule has 0 saturated carbocycles. The van der Waals surface area contributed by atoms with Crippen LogP contribution in [0.4, 0.5) is 11.4 Å². The Hall–Kier alpha value is -3.69. The van der Waals surface area contributed by atoms with Gasteiger partial charge in [0.2, 0.25) is 21.8 Å². The van der Waals surface area contributed by atoms with Crippen molar-refractivity contribution in [3.05, 3.63) is 83.4 Å². The number of rotatable bonds is 8. The van der Waals surface area contributed by atoms with Crippen molar-refractivity contribution in [2.45, 2.75) is 37.6 Å². The lowest BCUT2D eigenvalue weighted by molar-refractivity contribution is -0.118. The number of benzene rings is 3. The molecule has 0 aromatic heterocycles. The molecule has 2 N–H and O–H groups in total. The van der Waals surface area contributed by atoms with E-state index < -0.39 is 22.0 Å². The summed E-state index contributed by atoms with van der Waals surface area (Å²) in [7, 11) is -2.54. The predicted octanol–water partition coefficient (Wildman–Crippen LogP) is 3.44. The molecule has 8 nitrogen and oxygen atoms in total. The van der Waals surface area contributed by atoms with Crippen LogP contribution in [0.5, 0.6) is 5.75 Å². The molecule has 0 bridgehead atoms. The Morgan fingerprint density at radius 1 is 1.06 bits per heavy atom. The van der Waals surface area contributed by atoms with Crippen molar-refractivity contribution >= 4 is 33.2 Å². The van der Waals surface area contributed by atoms with Gasteiger partial charge in [0.15, 0.2) is 0 Å². The van der Waals surface area contributed by atoms with Gasteiger partial charge in [-0.1, -0.05) is 36.4 Å².